The van der Waals surface area contributed by atoms with E-state index in [1.54, 1.807) is 0 Å². The molecule has 0 amide bonds. The van der Waals surface area contributed by atoms with Gasteiger partial charge in [0.1, 0.15) is 13.2 Å². The zero-order chi connectivity index (χ0) is 59.2. The van der Waals surface area contributed by atoms with E-state index in [1.807, 2.05) is 0 Å². The van der Waals surface area contributed by atoms with Gasteiger partial charge in [-0.1, -0.05) is 331 Å². The summed E-state index contributed by atoms with van der Waals surface area (Å²) in [5.41, 5.74) is 0. The quantitative estimate of drug-likeness (QED) is 0.0261. The zero-order valence-corrected chi connectivity index (χ0v) is 54.5. The van der Waals surface area contributed by atoms with Crippen molar-refractivity contribution in [2.75, 3.05) is 13.2 Å². The highest BCUT2D eigenvalue weighted by molar-refractivity contribution is 5.71. The molecule has 82 heavy (non-hydrogen) atoms. The molecule has 6 nitrogen and oxygen atoms in total. The number of carbonyl (C=O) groups excluding carboxylic acids is 3. The van der Waals surface area contributed by atoms with Crippen molar-refractivity contribution < 1.29 is 28.6 Å². The van der Waals surface area contributed by atoms with Crippen molar-refractivity contribution in [3.05, 3.63) is 85.1 Å². The zero-order valence-electron chi connectivity index (χ0n) is 54.5. The summed E-state index contributed by atoms with van der Waals surface area (Å²) < 4.78 is 17.0. The van der Waals surface area contributed by atoms with Gasteiger partial charge in [0, 0.05) is 19.3 Å². The van der Waals surface area contributed by atoms with Crippen LogP contribution >= 0.6 is 0 Å². The fourth-order valence-corrected chi connectivity index (χ4v) is 10.3. The normalized spacial score (nSPS) is 12.6. The van der Waals surface area contributed by atoms with Gasteiger partial charge in [-0.2, -0.15) is 0 Å². The SMILES string of the molecule is CC/C=C\C/C=C\C/C=C\C/C=C\CCCCC(=O)OCC(COC(=O)CCCCCCCCCCCCCCCC/C=C\C/C=C\C/C=C\CCCCCCC)OC(=O)CCCCCCCCCCCCCCCCCCCCCC. The molecule has 0 fully saturated rings. The number of hydrogen-bond donors (Lipinski definition) is 0. The highest BCUT2D eigenvalue weighted by Crippen LogP contribution is 2.18. The molecule has 0 aromatic heterocycles. The monoisotopic (exact) mass is 1140 g/mol. The topological polar surface area (TPSA) is 78.9 Å². The Kier molecular flexibility index (Phi) is 67.2. The van der Waals surface area contributed by atoms with Crippen LogP contribution in [0.1, 0.15) is 361 Å². The first kappa shape index (κ1) is 78.6. The van der Waals surface area contributed by atoms with Crippen molar-refractivity contribution in [2.24, 2.45) is 0 Å². The lowest BCUT2D eigenvalue weighted by molar-refractivity contribution is -0.167. The van der Waals surface area contributed by atoms with Gasteiger partial charge in [0.2, 0.25) is 0 Å². The first-order valence-electron chi connectivity index (χ1n) is 35.6. The van der Waals surface area contributed by atoms with Crippen molar-refractivity contribution >= 4 is 17.9 Å². The largest absolute Gasteiger partial charge is 0.462 e. The van der Waals surface area contributed by atoms with E-state index in [4.69, 9.17) is 14.2 Å². The number of esters is 3. The molecule has 0 radical (unpaired) electrons. The number of allylic oxidation sites excluding steroid dienone is 14. The Hall–Kier alpha value is -3.41. The summed E-state index contributed by atoms with van der Waals surface area (Å²) in [7, 11) is 0. The fraction of sp³-hybridized carbons (Fsp3) is 0.776. The van der Waals surface area contributed by atoms with Gasteiger partial charge in [-0.25, -0.2) is 0 Å². The summed E-state index contributed by atoms with van der Waals surface area (Å²) >= 11 is 0. The van der Waals surface area contributed by atoms with Crippen LogP contribution in [0.4, 0.5) is 0 Å². The van der Waals surface area contributed by atoms with E-state index >= 15 is 0 Å². The maximum Gasteiger partial charge on any atom is 0.306 e. The number of hydrogen-bond acceptors (Lipinski definition) is 6. The van der Waals surface area contributed by atoms with Gasteiger partial charge in [-0.3, -0.25) is 14.4 Å². The average molecular weight is 1140 g/mol. The van der Waals surface area contributed by atoms with E-state index in [0.717, 1.165) is 96.3 Å². The van der Waals surface area contributed by atoms with E-state index in [2.05, 4.69) is 106 Å². The summed E-state index contributed by atoms with van der Waals surface area (Å²) in [6.45, 7) is 6.53. The number of unbranched alkanes of at least 4 members (excludes halogenated alkanes) is 40. The molecule has 1 atom stereocenters. The van der Waals surface area contributed by atoms with E-state index in [1.165, 1.54) is 225 Å². The van der Waals surface area contributed by atoms with Crippen molar-refractivity contribution in [3.63, 3.8) is 0 Å². The Labute approximate surface area is 509 Å². The van der Waals surface area contributed by atoms with Crippen molar-refractivity contribution in [1.82, 2.24) is 0 Å². The summed E-state index contributed by atoms with van der Waals surface area (Å²) in [5.74, 6) is -0.910. The fourth-order valence-electron chi connectivity index (χ4n) is 10.3. The third-order valence-corrected chi connectivity index (χ3v) is 15.6. The minimum atomic E-state index is -0.794. The molecule has 0 aliphatic rings. The highest BCUT2D eigenvalue weighted by Gasteiger charge is 2.19. The highest BCUT2D eigenvalue weighted by atomic mass is 16.6. The smallest absolute Gasteiger partial charge is 0.306 e. The van der Waals surface area contributed by atoms with Gasteiger partial charge in [0.15, 0.2) is 6.10 Å². The lowest BCUT2D eigenvalue weighted by atomic mass is 10.0. The second-order valence-electron chi connectivity index (χ2n) is 23.8. The molecule has 474 valence electrons. The third kappa shape index (κ3) is 67.4. The van der Waals surface area contributed by atoms with Crippen LogP contribution in [0.3, 0.4) is 0 Å². The first-order valence-corrected chi connectivity index (χ1v) is 35.6. The molecule has 0 N–H and O–H groups in total. The van der Waals surface area contributed by atoms with Gasteiger partial charge in [0.05, 0.1) is 0 Å². The Morgan fingerprint density at radius 2 is 0.476 bits per heavy atom. The Morgan fingerprint density at radius 3 is 0.768 bits per heavy atom. The number of rotatable bonds is 65. The molecule has 0 bridgehead atoms. The van der Waals surface area contributed by atoms with Crippen molar-refractivity contribution in [2.45, 2.75) is 367 Å². The van der Waals surface area contributed by atoms with Crippen LogP contribution in [0.2, 0.25) is 0 Å². The summed E-state index contributed by atoms with van der Waals surface area (Å²) in [4.78, 5) is 38.4. The predicted octanol–water partition coefficient (Wildman–Crippen LogP) is 24.6. The van der Waals surface area contributed by atoms with Crippen molar-refractivity contribution in [1.29, 1.82) is 0 Å². The molecule has 0 aliphatic heterocycles. The van der Waals surface area contributed by atoms with E-state index < -0.39 is 6.10 Å². The minimum Gasteiger partial charge on any atom is -0.462 e. The van der Waals surface area contributed by atoms with Crippen LogP contribution in [-0.2, 0) is 28.6 Å². The third-order valence-electron chi connectivity index (χ3n) is 15.6. The molecular formula is C76H134O6. The van der Waals surface area contributed by atoms with Crippen LogP contribution in [0.5, 0.6) is 0 Å². The lowest BCUT2D eigenvalue weighted by Gasteiger charge is -2.18. The van der Waals surface area contributed by atoms with Crippen LogP contribution < -0.4 is 0 Å². The van der Waals surface area contributed by atoms with Gasteiger partial charge in [0.25, 0.3) is 0 Å². The molecule has 6 heteroatoms. The van der Waals surface area contributed by atoms with Crippen LogP contribution in [0.25, 0.3) is 0 Å². The van der Waals surface area contributed by atoms with Crippen LogP contribution in [0.15, 0.2) is 85.1 Å². The summed E-state index contributed by atoms with van der Waals surface area (Å²) in [6.07, 6.45) is 93.3. The predicted molar refractivity (Wildman–Crippen MR) is 358 cm³/mol. The van der Waals surface area contributed by atoms with E-state index in [-0.39, 0.29) is 31.1 Å². The van der Waals surface area contributed by atoms with Gasteiger partial charge < -0.3 is 14.2 Å². The van der Waals surface area contributed by atoms with E-state index in [9.17, 15) is 14.4 Å². The molecule has 1 unspecified atom stereocenters. The molecule has 0 spiro atoms. The van der Waals surface area contributed by atoms with Crippen molar-refractivity contribution in [3.8, 4) is 0 Å². The molecule has 0 aliphatic carbocycles. The molecule has 0 aromatic carbocycles. The maximum absolute atomic E-state index is 13.0. The molecular weight excluding hydrogens is 1010 g/mol. The van der Waals surface area contributed by atoms with Gasteiger partial charge in [-0.15, -0.1) is 0 Å². The average Bonchev–Trinajstić information content (AvgIpc) is 3.47. The second kappa shape index (κ2) is 70.1. The Morgan fingerprint density at radius 1 is 0.256 bits per heavy atom. The number of ether oxygens (including phenoxy) is 3. The minimum absolute atomic E-state index is 0.0865. The van der Waals surface area contributed by atoms with E-state index in [0.29, 0.717) is 19.3 Å². The molecule has 0 saturated carbocycles. The van der Waals surface area contributed by atoms with Crippen LogP contribution in [0, 0.1) is 0 Å². The molecule has 0 aromatic rings. The summed E-state index contributed by atoms with van der Waals surface area (Å²) in [6, 6.07) is 0. The van der Waals surface area contributed by atoms with Crippen LogP contribution in [-0.4, -0.2) is 37.2 Å². The number of carbonyl (C=O) groups is 3. The standard InChI is InChI=1S/C76H134O6/c1-4-7-10-13-16-19-22-25-28-30-32-34-35-36-37-38-39-40-41-42-44-45-48-51-54-57-60-63-66-69-75(78)81-72-73(71-80-74(77)68-65-62-59-56-53-50-47-27-24-21-18-15-12-9-6-3)82-76(79)70-67-64-61-58-55-52-49-46-43-33-31-29-26-23-20-17-14-11-8-5-2/h9,12,18,21-22,25,27,30,32,35-36,47,53,56,73H,4-8,10-11,13-17,19-20,23-24,26,28-29,31,33-34,37-46,48-52,54-55,57-72H2,1-3H3/b12-9-,21-18-,25-22-,32-30-,36-35-,47-27-,56-53-. The Bertz CT molecular complexity index is 1550. The Balaban J connectivity index is 4.29. The molecule has 0 rings (SSSR count). The lowest BCUT2D eigenvalue weighted by Crippen LogP contribution is -2.30. The maximum atomic E-state index is 13.0. The second-order valence-corrected chi connectivity index (χ2v) is 23.8. The first-order chi connectivity index (χ1) is 40.5. The van der Waals surface area contributed by atoms with Gasteiger partial charge in [-0.05, 0) is 96.3 Å². The molecule has 0 heterocycles. The summed E-state index contributed by atoms with van der Waals surface area (Å²) in [5, 5.41) is 0. The molecule has 0 saturated heterocycles. The van der Waals surface area contributed by atoms with Gasteiger partial charge >= 0.3 is 17.9 Å².